The number of nitrogens with two attached hydrogens (primary N) is 1. The fourth-order valence-corrected chi connectivity index (χ4v) is 2.17. The molecule has 0 aliphatic heterocycles. The second-order valence-electron chi connectivity index (χ2n) is 4.62. The van der Waals surface area contributed by atoms with Crippen molar-refractivity contribution in [1.82, 2.24) is 5.32 Å². The van der Waals surface area contributed by atoms with Crippen LogP contribution >= 0.6 is 0 Å². The lowest BCUT2D eigenvalue weighted by atomic mass is 9.84. The number of rotatable bonds is 3. The van der Waals surface area contributed by atoms with Crippen LogP contribution in [-0.4, -0.2) is 18.5 Å². The predicted octanol–water partition coefficient (Wildman–Crippen LogP) is 1.59. The van der Waals surface area contributed by atoms with E-state index in [1.807, 2.05) is 13.8 Å². The van der Waals surface area contributed by atoms with Gasteiger partial charge in [-0.25, -0.2) is 0 Å². The number of carbonyl (C=O) groups is 1. The monoisotopic (exact) mass is 210 g/mol. The molecule has 3 heteroatoms. The maximum Gasteiger partial charge on any atom is 0.244 e. The summed E-state index contributed by atoms with van der Waals surface area (Å²) in [6.07, 6.45) is 6.33. The van der Waals surface area contributed by atoms with Crippen LogP contribution in [0.5, 0.6) is 0 Å². The summed E-state index contributed by atoms with van der Waals surface area (Å²) in [4.78, 5) is 11.6. The third kappa shape index (κ3) is 4.04. The van der Waals surface area contributed by atoms with Crippen LogP contribution in [0.15, 0.2) is 11.6 Å². The Bertz CT molecular complexity index is 244. The van der Waals surface area contributed by atoms with Crippen LogP contribution in [0.2, 0.25) is 0 Å². The minimum Gasteiger partial charge on any atom is -0.349 e. The van der Waals surface area contributed by atoms with Crippen LogP contribution in [0.4, 0.5) is 0 Å². The second kappa shape index (κ2) is 5.91. The minimum absolute atomic E-state index is 0.0281. The lowest BCUT2D eigenvalue weighted by Gasteiger charge is -2.30. The lowest BCUT2D eigenvalue weighted by Crippen LogP contribution is -2.44. The minimum atomic E-state index is 0.0281. The van der Waals surface area contributed by atoms with E-state index in [0.29, 0.717) is 12.5 Å². The van der Waals surface area contributed by atoms with Crippen LogP contribution in [0.3, 0.4) is 0 Å². The summed E-state index contributed by atoms with van der Waals surface area (Å²) in [6.45, 7) is 4.54. The summed E-state index contributed by atoms with van der Waals surface area (Å²) in [5.74, 6) is 0.494. The van der Waals surface area contributed by atoms with E-state index in [2.05, 4.69) is 5.32 Å². The average Bonchev–Trinajstić information content (AvgIpc) is 2.17. The van der Waals surface area contributed by atoms with Crippen molar-refractivity contribution in [3.8, 4) is 0 Å². The zero-order chi connectivity index (χ0) is 11.3. The number of allylic oxidation sites excluding steroid dienone is 1. The first kappa shape index (κ1) is 12.2. The Balaban J connectivity index is 2.48. The Kier molecular flexibility index (Phi) is 4.82. The Morgan fingerprint density at radius 2 is 2.07 bits per heavy atom. The van der Waals surface area contributed by atoms with Gasteiger partial charge in [-0.3, -0.25) is 4.79 Å². The van der Waals surface area contributed by atoms with Gasteiger partial charge in [0, 0.05) is 12.1 Å². The first-order valence-electron chi connectivity index (χ1n) is 5.79. The van der Waals surface area contributed by atoms with Crippen molar-refractivity contribution in [2.75, 3.05) is 6.54 Å². The highest BCUT2D eigenvalue weighted by molar-refractivity contribution is 5.88. The van der Waals surface area contributed by atoms with E-state index >= 15 is 0 Å². The van der Waals surface area contributed by atoms with Gasteiger partial charge in [-0.1, -0.05) is 18.4 Å². The third-order valence-corrected chi connectivity index (χ3v) is 2.96. The molecule has 1 aliphatic carbocycles. The zero-order valence-corrected chi connectivity index (χ0v) is 9.75. The first-order valence-corrected chi connectivity index (χ1v) is 5.79. The highest BCUT2D eigenvalue weighted by Crippen LogP contribution is 2.23. The molecular weight excluding hydrogens is 188 g/mol. The van der Waals surface area contributed by atoms with Crippen molar-refractivity contribution in [2.24, 2.45) is 11.7 Å². The molecule has 0 spiro atoms. The van der Waals surface area contributed by atoms with E-state index in [0.717, 1.165) is 18.4 Å². The molecule has 3 nitrogen and oxygen atoms in total. The molecule has 1 fully saturated rings. The number of hydrogen-bond donors (Lipinski definition) is 2. The van der Waals surface area contributed by atoms with Gasteiger partial charge in [0.2, 0.25) is 5.91 Å². The number of hydrogen-bond acceptors (Lipinski definition) is 2. The van der Waals surface area contributed by atoms with Crippen LogP contribution in [0.25, 0.3) is 0 Å². The molecule has 0 bridgehead atoms. The van der Waals surface area contributed by atoms with Crippen LogP contribution in [-0.2, 0) is 4.79 Å². The molecular formula is C12H22N2O. The lowest BCUT2D eigenvalue weighted by molar-refractivity contribution is -0.117. The molecule has 0 heterocycles. The molecule has 15 heavy (non-hydrogen) atoms. The van der Waals surface area contributed by atoms with Crippen LogP contribution in [0.1, 0.15) is 39.5 Å². The molecule has 0 radical (unpaired) electrons. The Hall–Kier alpha value is -0.830. The van der Waals surface area contributed by atoms with Gasteiger partial charge in [0.25, 0.3) is 0 Å². The van der Waals surface area contributed by atoms with E-state index < -0.39 is 0 Å². The summed E-state index contributed by atoms with van der Waals surface area (Å²) in [5.41, 5.74) is 6.74. The standard InChI is InChI=1S/C12H22N2O/c1-9(2)7-12(15)14-11-6-4-3-5-10(11)8-13/h7,10-11H,3-6,8,13H2,1-2H3,(H,14,15). The average molecular weight is 210 g/mol. The van der Waals surface area contributed by atoms with Crippen molar-refractivity contribution in [2.45, 2.75) is 45.6 Å². The normalized spacial score (nSPS) is 25.8. The highest BCUT2D eigenvalue weighted by atomic mass is 16.1. The Morgan fingerprint density at radius 3 is 2.67 bits per heavy atom. The smallest absolute Gasteiger partial charge is 0.244 e. The molecule has 1 rings (SSSR count). The van der Waals surface area contributed by atoms with Crippen LogP contribution in [0, 0.1) is 5.92 Å². The molecule has 0 aromatic heterocycles. The molecule has 0 aromatic carbocycles. The quantitative estimate of drug-likeness (QED) is 0.695. The van der Waals surface area contributed by atoms with E-state index in [1.165, 1.54) is 12.8 Å². The third-order valence-electron chi connectivity index (χ3n) is 2.96. The summed E-state index contributed by atoms with van der Waals surface area (Å²) >= 11 is 0. The SMILES string of the molecule is CC(C)=CC(=O)NC1CCCCC1CN. The van der Waals surface area contributed by atoms with Gasteiger partial charge in [-0.2, -0.15) is 0 Å². The molecule has 1 aliphatic rings. The number of carbonyl (C=O) groups excluding carboxylic acids is 1. The number of nitrogens with one attached hydrogen (secondary N) is 1. The molecule has 86 valence electrons. The molecule has 1 saturated carbocycles. The van der Waals surface area contributed by atoms with Gasteiger partial charge >= 0.3 is 0 Å². The van der Waals surface area contributed by atoms with Crippen molar-refractivity contribution in [1.29, 1.82) is 0 Å². The summed E-state index contributed by atoms with van der Waals surface area (Å²) in [6, 6.07) is 0.284. The van der Waals surface area contributed by atoms with Gasteiger partial charge in [0.15, 0.2) is 0 Å². The second-order valence-corrected chi connectivity index (χ2v) is 4.62. The highest BCUT2D eigenvalue weighted by Gasteiger charge is 2.24. The molecule has 1 amide bonds. The molecule has 2 atom stereocenters. The van der Waals surface area contributed by atoms with Gasteiger partial charge in [-0.15, -0.1) is 0 Å². The Morgan fingerprint density at radius 1 is 1.40 bits per heavy atom. The van der Waals surface area contributed by atoms with Crippen molar-refractivity contribution in [3.05, 3.63) is 11.6 Å². The molecule has 0 aromatic rings. The summed E-state index contributed by atoms with van der Waals surface area (Å²) in [7, 11) is 0. The molecule has 0 saturated heterocycles. The largest absolute Gasteiger partial charge is 0.349 e. The van der Waals surface area contributed by atoms with Crippen LogP contribution < -0.4 is 11.1 Å². The molecule has 3 N–H and O–H groups in total. The van der Waals surface area contributed by atoms with Gasteiger partial charge in [-0.05, 0) is 39.2 Å². The molecule has 2 unspecified atom stereocenters. The van der Waals surface area contributed by atoms with E-state index in [-0.39, 0.29) is 11.9 Å². The van der Waals surface area contributed by atoms with E-state index in [9.17, 15) is 4.79 Å². The predicted molar refractivity (Wildman–Crippen MR) is 62.4 cm³/mol. The van der Waals surface area contributed by atoms with Gasteiger partial charge < -0.3 is 11.1 Å². The maximum atomic E-state index is 11.6. The summed E-state index contributed by atoms with van der Waals surface area (Å²) in [5, 5.41) is 3.06. The fourth-order valence-electron chi connectivity index (χ4n) is 2.17. The maximum absolute atomic E-state index is 11.6. The fraction of sp³-hybridized carbons (Fsp3) is 0.750. The van der Waals surface area contributed by atoms with Crippen molar-refractivity contribution < 1.29 is 4.79 Å². The van der Waals surface area contributed by atoms with Gasteiger partial charge in [0.05, 0.1) is 0 Å². The first-order chi connectivity index (χ1) is 7.13. The topological polar surface area (TPSA) is 55.1 Å². The van der Waals surface area contributed by atoms with Gasteiger partial charge in [0.1, 0.15) is 0 Å². The van der Waals surface area contributed by atoms with Crippen molar-refractivity contribution in [3.63, 3.8) is 0 Å². The van der Waals surface area contributed by atoms with Crippen molar-refractivity contribution >= 4 is 5.91 Å². The van der Waals surface area contributed by atoms with E-state index in [1.54, 1.807) is 6.08 Å². The summed E-state index contributed by atoms with van der Waals surface area (Å²) < 4.78 is 0. The zero-order valence-electron chi connectivity index (χ0n) is 9.75. The Labute approximate surface area is 92.1 Å². The number of amides is 1. The van der Waals surface area contributed by atoms with E-state index in [4.69, 9.17) is 5.73 Å².